The third kappa shape index (κ3) is 9.08. The van der Waals surface area contributed by atoms with Gasteiger partial charge in [0.1, 0.15) is 0 Å². The summed E-state index contributed by atoms with van der Waals surface area (Å²) in [4.78, 5) is 23.7. The summed E-state index contributed by atoms with van der Waals surface area (Å²) in [7, 11) is 0. The quantitative estimate of drug-likeness (QED) is 0.275. The largest absolute Gasteiger partial charge is 0.463 e. The molecule has 0 radical (unpaired) electrons. The number of carbonyl (C=O) groups is 2. The molecule has 3 atom stereocenters. The van der Waals surface area contributed by atoms with E-state index in [0.717, 1.165) is 32.1 Å². The molecule has 1 aromatic rings. The van der Waals surface area contributed by atoms with Crippen molar-refractivity contribution in [2.75, 3.05) is 0 Å². The van der Waals surface area contributed by atoms with Crippen LogP contribution < -0.4 is 0 Å². The predicted octanol–water partition coefficient (Wildman–Crippen LogP) is 5.20. The van der Waals surface area contributed by atoms with E-state index in [0.29, 0.717) is 19.3 Å². The van der Waals surface area contributed by atoms with Crippen molar-refractivity contribution in [3.05, 3.63) is 60.2 Å². The Bertz CT molecular complexity index is 705. The molecule has 0 aliphatic heterocycles. The zero-order chi connectivity index (χ0) is 21.8. The number of benzene rings is 1. The highest BCUT2D eigenvalue weighted by molar-refractivity contribution is 5.94. The number of aliphatic hydroxyl groups is 1. The van der Waals surface area contributed by atoms with Gasteiger partial charge in [0.2, 0.25) is 0 Å². The molecule has 4 nitrogen and oxygen atoms in total. The lowest BCUT2D eigenvalue weighted by Gasteiger charge is -2.18. The Labute approximate surface area is 181 Å². The normalized spacial score (nSPS) is 19.7. The Morgan fingerprint density at radius 2 is 1.93 bits per heavy atom. The number of hydrogen-bond acceptors (Lipinski definition) is 4. The van der Waals surface area contributed by atoms with Crippen molar-refractivity contribution in [3.63, 3.8) is 0 Å². The van der Waals surface area contributed by atoms with Crippen LogP contribution in [-0.2, 0) is 20.7 Å². The van der Waals surface area contributed by atoms with Gasteiger partial charge in [-0.1, -0.05) is 48.6 Å². The highest BCUT2D eigenvalue weighted by Crippen LogP contribution is 2.30. The number of allylic oxidation sites excluding steroid dienone is 4. The van der Waals surface area contributed by atoms with Crippen molar-refractivity contribution < 1.29 is 19.4 Å². The first-order valence-electron chi connectivity index (χ1n) is 11.2. The van der Waals surface area contributed by atoms with Crippen molar-refractivity contribution in [2.24, 2.45) is 11.8 Å². The number of unbranched alkanes of at least 4 members (excludes halogenated alkanes) is 1. The highest BCUT2D eigenvalue weighted by Gasteiger charge is 2.29. The fourth-order valence-electron chi connectivity index (χ4n) is 3.83. The lowest BCUT2D eigenvalue weighted by atomic mass is 9.86. The number of aryl methyl sites for hydroxylation is 1. The molecule has 1 aromatic carbocycles. The van der Waals surface area contributed by atoms with Crippen molar-refractivity contribution in [2.45, 2.75) is 77.4 Å². The first-order chi connectivity index (χ1) is 14.5. The van der Waals surface area contributed by atoms with Gasteiger partial charge >= 0.3 is 5.97 Å². The van der Waals surface area contributed by atoms with Crippen LogP contribution in [0.15, 0.2) is 54.6 Å². The molecular formula is C26H36O4. The maximum Gasteiger partial charge on any atom is 0.306 e. The van der Waals surface area contributed by atoms with Crippen LogP contribution in [0.25, 0.3) is 0 Å². The number of ketones is 1. The van der Waals surface area contributed by atoms with Crippen LogP contribution in [0.5, 0.6) is 0 Å². The molecular weight excluding hydrogens is 376 g/mol. The van der Waals surface area contributed by atoms with Crippen LogP contribution in [0.3, 0.4) is 0 Å². The van der Waals surface area contributed by atoms with Gasteiger partial charge in [0.05, 0.1) is 12.2 Å². The van der Waals surface area contributed by atoms with E-state index in [1.54, 1.807) is 6.08 Å². The van der Waals surface area contributed by atoms with Gasteiger partial charge in [0.25, 0.3) is 0 Å². The van der Waals surface area contributed by atoms with E-state index in [1.807, 2.05) is 38.1 Å². The lowest BCUT2D eigenvalue weighted by molar-refractivity contribution is -0.147. The third-order valence-electron chi connectivity index (χ3n) is 5.51. The molecule has 0 fully saturated rings. The third-order valence-corrected chi connectivity index (χ3v) is 5.51. The van der Waals surface area contributed by atoms with Gasteiger partial charge in [-0.3, -0.25) is 9.59 Å². The first kappa shape index (κ1) is 24.1. The van der Waals surface area contributed by atoms with Gasteiger partial charge < -0.3 is 9.84 Å². The van der Waals surface area contributed by atoms with Crippen LogP contribution in [0.4, 0.5) is 0 Å². The van der Waals surface area contributed by atoms with Gasteiger partial charge in [-0.15, -0.1) is 0 Å². The summed E-state index contributed by atoms with van der Waals surface area (Å²) in [5, 5.41) is 10.3. The molecule has 0 spiro atoms. The van der Waals surface area contributed by atoms with Crippen molar-refractivity contribution in [1.82, 2.24) is 0 Å². The molecule has 4 heteroatoms. The Morgan fingerprint density at radius 3 is 2.67 bits per heavy atom. The number of hydrogen-bond donors (Lipinski definition) is 1. The molecule has 30 heavy (non-hydrogen) atoms. The monoisotopic (exact) mass is 412 g/mol. The summed E-state index contributed by atoms with van der Waals surface area (Å²) in [5.41, 5.74) is 1.24. The van der Waals surface area contributed by atoms with Crippen LogP contribution in [0.1, 0.15) is 64.4 Å². The number of aliphatic hydroxyl groups excluding tert-OH is 1. The fraction of sp³-hybridized carbons (Fsp3) is 0.538. The van der Waals surface area contributed by atoms with E-state index in [1.165, 1.54) is 5.56 Å². The molecule has 0 heterocycles. The topological polar surface area (TPSA) is 63.6 Å². The van der Waals surface area contributed by atoms with Crippen LogP contribution >= 0.6 is 0 Å². The van der Waals surface area contributed by atoms with E-state index < -0.39 is 0 Å². The minimum Gasteiger partial charge on any atom is -0.463 e. The predicted molar refractivity (Wildman–Crippen MR) is 120 cm³/mol. The smallest absolute Gasteiger partial charge is 0.306 e. The van der Waals surface area contributed by atoms with E-state index in [-0.39, 0.29) is 35.8 Å². The molecule has 0 amide bonds. The Morgan fingerprint density at radius 1 is 1.17 bits per heavy atom. The molecule has 1 aliphatic rings. The molecule has 1 N–H and O–H groups in total. The molecule has 0 saturated carbocycles. The minimum absolute atomic E-state index is 0.0199. The fourth-order valence-corrected chi connectivity index (χ4v) is 3.83. The number of carbonyl (C=O) groups excluding carboxylic acids is 2. The first-order valence-corrected chi connectivity index (χ1v) is 11.2. The molecule has 2 rings (SSSR count). The molecule has 1 unspecified atom stereocenters. The van der Waals surface area contributed by atoms with E-state index in [9.17, 15) is 14.7 Å². The summed E-state index contributed by atoms with van der Waals surface area (Å²) >= 11 is 0. The Balaban J connectivity index is 1.65. The van der Waals surface area contributed by atoms with E-state index in [4.69, 9.17) is 4.74 Å². The Kier molecular flexibility index (Phi) is 10.6. The van der Waals surface area contributed by atoms with Gasteiger partial charge in [0, 0.05) is 12.3 Å². The van der Waals surface area contributed by atoms with Gasteiger partial charge in [-0.2, -0.15) is 0 Å². The van der Waals surface area contributed by atoms with Gasteiger partial charge in [-0.25, -0.2) is 0 Å². The average molecular weight is 413 g/mol. The SMILES string of the molecule is CC(C)OC(=O)CCC/C=C/C[C@H]1C(=O)C=CC1CC[C@@H](O)CCc1ccccc1. The van der Waals surface area contributed by atoms with E-state index >= 15 is 0 Å². The summed E-state index contributed by atoms with van der Waals surface area (Å²) in [6, 6.07) is 10.2. The molecule has 0 bridgehead atoms. The number of ether oxygens (including phenoxy) is 1. The van der Waals surface area contributed by atoms with E-state index in [2.05, 4.69) is 24.3 Å². The molecule has 1 aliphatic carbocycles. The number of esters is 1. The number of rotatable bonds is 13. The zero-order valence-corrected chi connectivity index (χ0v) is 18.3. The molecule has 0 aromatic heterocycles. The Hall–Kier alpha value is -2.20. The summed E-state index contributed by atoms with van der Waals surface area (Å²) in [6.45, 7) is 3.70. The summed E-state index contributed by atoms with van der Waals surface area (Å²) < 4.78 is 5.12. The van der Waals surface area contributed by atoms with Crippen molar-refractivity contribution in [1.29, 1.82) is 0 Å². The van der Waals surface area contributed by atoms with Crippen molar-refractivity contribution >= 4 is 11.8 Å². The second-order valence-electron chi connectivity index (χ2n) is 8.43. The maximum absolute atomic E-state index is 12.2. The second-order valence-corrected chi connectivity index (χ2v) is 8.43. The molecule has 0 saturated heterocycles. The molecule has 164 valence electrons. The average Bonchev–Trinajstić information content (AvgIpc) is 3.07. The van der Waals surface area contributed by atoms with Gasteiger partial charge in [0.15, 0.2) is 5.78 Å². The maximum atomic E-state index is 12.2. The van der Waals surface area contributed by atoms with Crippen LogP contribution in [-0.4, -0.2) is 29.1 Å². The van der Waals surface area contributed by atoms with Crippen LogP contribution in [0, 0.1) is 11.8 Å². The summed E-state index contributed by atoms with van der Waals surface area (Å²) in [5.74, 6) is 0.214. The standard InChI is InChI=1S/C26H36O4/c1-20(2)30-26(29)13-9-4-3-8-12-24-22(16-19-25(24)28)15-18-23(27)17-14-21-10-6-5-7-11-21/h3,5-8,10-11,16,19-20,22-24,27H,4,9,12-15,17-18H2,1-2H3/b8-3+/t22?,23-,24+/m0/s1. The summed E-state index contributed by atoms with van der Waals surface area (Å²) in [6.07, 6.45) is 13.3. The second kappa shape index (κ2) is 13.2. The van der Waals surface area contributed by atoms with Crippen molar-refractivity contribution in [3.8, 4) is 0 Å². The minimum atomic E-state index is -0.337. The zero-order valence-electron chi connectivity index (χ0n) is 18.3. The highest BCUT2D eigenvalue weighted by atomic mass is 16.5. The lowest BCUT2D eigenvalue weighted by Crippen LogP contribution is -2.17. The van der Waals surface area contributed by atoms with Crippen LogP contribution in [0.2, 0.25) is 0 Å². The van der Waals surface area contributed by atoms with Gasteiger partial charge in [-0.05, 0) is 76.4 Å².